The standard InChI is InChI=1S/C19H25F3N4O3S/c1-23-8-12-25(13-9-23)30(28,29)26-14-10-24(11-15-26)18(27)7-4-16-2-5-17(6-3-16)19(20,21)22/h2-7H,8-15H2,1H3/b7-4+. The molecule has 0 bridgehead atoms. The minimum absolute atomic E-state index is 0.217. The average molecular weight is 446 g/mol. The summed E-state index contributed by atoms with van der Waals surface area (Å²) in [5, 5.41) is 0. The molecule has 0 radical (unpaired) electrons. The first-order chi connectivity index (χ1) is 14.1. The van der Waals surface area contributed by atoms with E-state index >= 15 is 0 Å². The quantitative estimate of drug-likeness (QED) is 0.656. The number of carbonyl (C=O) groups is 1. The largest absolute Gasteiger partial charge is 0.416 e. The van der Waals surface area contributed by atoms with E-state index in [-0.39, 0.29) is 32.1 Å². The lowest BCUT2D eigenvalue weighted by Crippen LogP contribution is -2.57. The van der Waals surface area contributed by atoms with E-state index in [0.29, 0.717) is 31.7 Å². The summed E-state index contributed by atoms with van der Waals surface area (Å²) in [6, 6.07) is 4.53. The molecule has 2 saturated heterocycles. The van der Waals surface area contributed by atoms with Gasteiger partial charge in [-0.15, -0.1) is 0 Å². The number of hydrogen-bond donors (Lipinski definition) is 0. The Morgan fingerprint density at radius 1 is 0.900 bits per heavy atom. The molecule has 2 aliphatic rings. The molecule has 11 heteroatoms. The van der Waals surface area contributed by atoms with Crippen LogP contribution in [-0.4, -0.2) is 92.1 Å². The fraction of sp³-hybridized carbons (Fsp3) is 0.526. The second kappa shape index (κ2) is 9.04. The molecule has 0 aliphatic carbocycles. The maximum atomic E-state index is 12.8. The molecule has 2 fully saturated rings. The van der Waals surface area contributed by atoms with Gasteiger partial charge in [-0.3, -0.25) is 4.79 Å². The zero-order chi connectivity index (χ0) is 21.9. The van der Waals surface area contributed by atoms with E-state index in [1.807, 2.05) is 7.05 Å². The van der Waals surface area contributed by atoms with Gasteiger partial charge in [0.1, 0.15) is 0 Å². The van der Waals surface area contributed by atoms with Crippen LogP contribution < -0.4 is 0 Å². The van der Waals surface area contributed by atoms with E-state index in [2.05, 4.69) is 4.90 Å². The highest BCUT2D eigenvalue weighted by molar-refractivity contribution is 7.86. The fourth-order valence-corrected chi connectivity index (χ4v) is 4.95. The number of benzene rings is 1. The van der Waals surface area contributed by atoms with Gasteiger partial charge in [0.15, 0.2) is 0 Å². The van der Waals surface area contributed by atoms with Gasteiger partial charge in [0.05, 0.1) is 5.56 Å². The lowest BCUT2D eigenvalue weighted by molar-refractivity contribution is -0.137. The number of halogens is 3. The predicted molar refractivity (Wildman–Crippen MR) is 107 cm³/mol. The number of hydrogen-bond acceptors (Lipinski definition) is 4. The molecular weight excluding hydrogens is 421 g/mol. The molecule has 2 aliphatic heterocycles. The summed E-state index contributed by atoms with van der Waals surface area (Å²) in [5.74, 6) is -0.299. The van der Waals surface area contributed by atoms with Gasteiger partial charge >= 0.3 is 6.18 Å². The Balaban J connectivity index is 1.53. The Bertz CT molecular complexity index is 871. The number of amides is 1. The first-order valence-electron chi connectivity index (χ1n) is 9.65. The number of rotatable bonds is 4. The third-order valence-electron chi connectivity index (χ3n) is 5.32. The Kier molecular flexibility index (Phi) is 6.85. The molecule has 0 unspecified atom stereocenters. The Morgan fingerprint density at radius 3 is 1.90 bits per heavy atom. The van der Waals surface area contributed by atoms with Gasteiger partial charge in [-0.1, -0.05) is 12.1 Å². The van der Waals surface area contributed by atoms with Crippen molar-refractivity contribution in [3.05, 3.63) is 41.5 Å². The van der Waals surface area contributed by atoms with Gasteiger partial charge in [0.2, 0.25) is 5.91 Å². The van der Waals surface area contributed by atoms with Crippen molar-refractivity contribution < 1.29 is 26.4 Å². The van der Waals surface area contributed by atoms with Crippen LogP contribution in [0.4, 0.5) is 13.2 Å². The van der Waals surface area contributed by atoms with Crippen molar-refractivity contribution in [3.63, 3.8) is 0 Å². The van der Waals surface area contributed by atoms with Crippen LogP contribution in [0.15, 0.2) is 30.3 Å². The molecule has 1 amide bonds. The monoisotopic (exact) mass is 446 g/mol. The van der Waals surface area contributed by atoms with E-state index in [0.717, 1.165) is 12.1 Å². The molecule has 0 spiro atoms. The summed E-state index contributed by atoms with van der Waals surface area (Å²) < 4.78 is 66.2. The first kappa shape index (κ1) is 22.7. The normalized spacial score (nSPS) is 20.7. The molecule has 0 saturated carbocycles. The molecule has 3 rings (SSSR count). The molecular formula is C19H25F3N4O3S. The number of alkyl halides is 3. The SMILES string of the molecule is CN1CCN(S(=O)(=O)N2CCN(C(=O)/C=C/c3ccc(C(F)(F)F)cc3)CC2)CC1. The first-order valence-corrected chi connectivity index (χ1v) is 11.0. The van der Waals surface area contributed by atoms with Crippen LogP contribution in [0.2, 0.25) is 0 Å². The number of likely N-dealkylation sites (N-methyl/N-ethyl adjacent to an activating group) is 1. The van der Waals surface area contributed by atoms with Gasteiger partial charge in [-0.05, 0) is 30.8 Å². The van der Waals surface area contributed by atoms with Crippen LogP contribution in [0.25, 0.3) is 6.08 Å². The highest BCUT2D eigenvalue weighted by Gasteiger charge is 2.34. The summed E-state index contributed by atoms with van der Waals surface area (Å²) in [7, 11) is -1.59. The summed E-state index contributed by atoms with van der Waals surface area (Å²) in [6.07, 6.45) is -1.65. The van der Waals surface area contributed by atoms with Crippen molar-refractivity contribution >= 4 is 22.2 Å². The zero-order valence-corrected chi connectivity index (χ0v) is 17.5. The summed E-state index contributed by atoms with van der Waals surface area (Å²) in [4.78, 5) is 16.0. The lowest BCUT2D eigenvalue weighted by atomic mass is 10.1. The summed E-state index contributed by atoms with van der Waals surface area (Å²) in [5.41, 5.74) is -0.267. The molecule has 30 heavy (non-hydrogen) atoms. The van der Waals surface area contributed by atoms with Crippen LogP contribution in [0.3, 0.4) is 0 Å². The third-order valence-corrected chi connectivity index (χ3v) is 7.36. The molecule has 2 heterocycles. The van der Waals surface area contributed by atoms with E-state index in [4.69, 9.17) is 0 Å². The number of nitrogens with zero attached hydrogens (tertiary/aromatic N) is 4. The van der Waals surface area contributed by atoms with Crippen molar-refractivity contribution in [1.82, 2.24) is 18.4 Å². The number of piperazine rings is 2. The number of carbonyl (C=O) groups excluding carboxylic acids is 1. The van der Waals surface area contributed by atoms with Crippen molar-refractivity contribution in [2.45, 2.75) is 6.18 Å². The molecule has 0 N–H and O–H groups in total. The van der Waals surface area contributed by atoms with Crippen molar-refractivity contribution in [2.75, 3.05) is 59.4 Å². The van der Waals surface area contributed by atoms with E-state index in [1.54, 1.807) is 0 Å². The van der Waals surface area contributed by atoms with Crippen molar-refractivity contribution in [3.8, 4) is 0 Å². The lowest BCUT2D eigenvalue weighted by Gasteiger charge is -2.38. The van der Waals surface area contributed by atoms with Crippen molar-refractivity contribution in [1.29, 1.82) is 0 Å². The molecule has 166 valence electrons. The Hall–Kier alpha value is -1.95. The Labute approximate surface area is 174 Å². The highest BCUT2D eigenvalue weighted by atomic mass is 32.2. The minimum Gasteiger partial charge on any atom is -0.337 e. The maximum absolute atomic E-state index is 12.8. The third kappa shape index (κ3) is 5.39. The molecule has 1 aromatic carbocycles. The molecule has 0 aromatic heterocycles. The van der Waals surface area contributed by atoms with Crippen LogP contribution >= 0.6 is 0 Å². The van der Waals surface area contributed by atoms with Crippen LogP contribution in [-0.2, 0) is 21.2 Å². The van der Waals surface area contributed by atoms with Gasteiger partial charge in [-0.2, -0.15) is 30.2 Å². The van der Waals surface area contributed by atoms with Crippen molar-refractivity contribution in [2.24, 2.45) is 0 Å². The van der Waals surface area contributed by atoms with E-state index < -0.39 is 21.9 Å². The topological polar surface area (TPSA) is 64.2 Å². The minimum atomic E-state index is -4.40. The predicted octanol–water partition coefficient (Wildman–Crippen LogP) is 1.36. The average Bonchev–Trinajstić information content (AvgIpc) is 2.72. The maximum Gasteiger partial charge on any atom is 0.416 e. The second-order valence-corrected chi connectivity index (χ2v) is 9.32. The Morgan fingerprint density at radius 2 is 1.40 bits per heavy atom. The molecule has 0 atom stereocenters. The zero-order valence-electron chi connectivity index (χ0n) is 16.7. The van der Waals surface area contributed by atoms with Crippen LogP contribution in [0, 0.1) is 0 Å². The van der Waals surface area contributed by atoms with Gasteiger partial charge < -0.3 is 9.80 Å². The molecule has 7 nitrogen and oxygen atoms in total. The van der Waals surface area contributed by atoms with Gasteiger partial charge in [0.25, 0.3) is 10.2 Å². The second-order valence-electron chi connectivity index (χ2n) is 7.39. The van der Waals surface area contributed by atoms with Gasteiger partial charge in [-0.25, -0.2) is 0 Å². The van der Waals surface area contributed by atoms with Gasteiger partial charge in [0, 0.05) is 58.4 Å². The van der Waals surface area contributed by atoms with E-state index in [1.165, 1.54) is 37.8 Å². The van der Waals surface area contributed by atoms with E-state index in [9.17, 15) is 26.4 Å². The fourth-order valence-electron chi connectivity index (χ4n) is 3.38. The summed E-state index contributed by atoms with van der Waals surface area (Å²) >= 11 is 0. The van der Waals surface area contributed by atoms with Crippen LogP contribution in [0.5, 0.6) is 0 Å². The summed E-state index contributed by atoms with van der Waals surface area (Å²) in [6.45, 7) is 3.25. The highest BCUT2D eigenvalue weighted by Crippen LogP contribution is 2.29. The van der Waals surface area contributed by atoms with Crippen LogP contribution in [0.1, 0.15) is 11.1 Å². The molecule has 1 aromatic rings. The smallest absolute Gasteiger partial charge is 0.337 e.